The zero-order valence-corrected chi connectivity index (χ0v) is 19.4. The van der Waals surface area contributed by atoms with Crippen LogP contribution in [0.15, 0.2) is 71.9 Å². The van der Waals surface area contributed by atoms with Crippen molar-refractivity contribution in [2.45, 2.75) is 24.7 Å². The van der Waals surface area contributed by atoms with Crippen molar-refractivity contribution < 1.29 is 9.53 Å². The molecule has 4 rings (SSSR count). The fourth-order valence-electron chi connectivity index (χ4n) is 3.42. The van der Waals surface area contributed by atoms with Crippen molar-refractivity contribution in [1.29, 1.82) is 0 Å². The number of fused-ring (bicyclic) bond motifs is 1. The number of hydrogen-bond donors (Lipinski definition) is 1. The highest BCUT2D eigenvalue weighted by atomic mass is 35.5. The molecule has 0 spiro atoms. The number of carbonyl (C=O) groups excluding carboxylic acids is 1. The second kappa shape index (κ2) is 10.1. The Hall–Kier alpha value is -3.03. The van der Waals surface area contributed by atoms with E-state index in [2.05, 4.69) is 33.7 Å². The average Bonchev–Trinajstić information content (AvgIpc) is 3.16. The van der Waals surface area contributed by atoms with Crippen molar-refractivity contribution in [2.24, 2.45) is 7.05 Å². The van der Waals surface area contributed by atoms with Crippen LogP contribution in [-0.2, 0) is 18.4 Å². The molecule has 0 aliphatic carbocycles. The number of hydrogen-bond acceptors (Lipinski definition) is 5. The van der Waals surface area contributed by atoms with Crippen molar-refractivity contribution >= 4 is 40.0 Å². The van der Waals surface area contributed by atoms with Gasteiger partial charge in [-0.25, -0.2) is 0 Å². The molecule has 0 saturated carbocycles. The molecule has 0 bridgehead atoms. The monoisotopic (exact) mass is 466 g/mol. The van der Waals surface area contributed by atoms with Gasteiger partial charge in [0.05, 0.1) is 16.8 Å². The number of ether oxygens (including phenoxy) is 1. The lowest BCUT2D eigenvalue weighted by atomic mass is 10.00. The third-order valence-corrected chi connectivity index (χ3v) is 6.45. The van der Waals surface area contributed by atoms with Crippen LogP contribution in [0.2, 0.25) is 5.02 Å². The minimum atomic E-state index is -0.103. The molecule has 32 heavy (non-hydrogen) atoms. The number of thioether (sulfide) groups is 1. The first-order valence-electron chi connectivity index (χ1n) is 10.2. The molecule has 6 nitrogen and oxygen atoms in total. The highest BCUT2D eigenvalue weighted by Gasteiger charge is 2.15. The maximum Gasteiger partial charge on any atom is 0.230 e. The van der Waals surface area contributed by atoms with Gasteiger partial charge in [-0.3, -0.25) is 4.79 Å². The molecule has 1 atom stereocenters. The van der Waals surface area contributed by atoms with Crippen molar-refractivity contribution in [3.8, 4) is 5.75 Å². The summed E-state index contributed by atoms with van der Waals surface area (Å²) in [5.74, 6) is 1.42. The zero-order chi connectivity index (χ0) is 22.5. The van der Waals surface area contributed by atoms with E-state index in [1.54, 1.807) is 12.1 Å². The molecule has 164 valence electrons. The van der Waals surface area contributed by atoms with Crippen LogP contribution in [0.3, 0.4) is 0 Å². The summed E-state index contributed by atoms with van der Waals surface area (Å²) in [6, 6.07) is 21.5. The predicted molar refractivity (Wildman–Crippen MR) is 128 cm³/mol. The van der Waals surface area contributed by atoms with E-state index in [1.807, 2.05) is 54.9 Å². The summed E-state index contributed by atoms with van der Waals surface area (Å²) in [6.45, 7) is 2.23. The normalized spacial score (nSPS) is 12.0. The van der Waals surface area contributed by atoms with Crippen molar-refractivity contribution in [1.82, 2.24) is 20.1 Å². The van der Waals surface area contributed by atoms with Gasteiger partial charge >= 0.3 is 0 Å². The van der Waals surface area contributed by atoms with Crippen LogP contribution in [0.1, 0.15) is 24.4 Å². The molecule has 4 aromatic rings. The first-order valence-corrected chi connectivity index (χ1v) is 11.5. The number of carbonyl (C=O) groups is 1. The number of benzene rings is 3. The molecule has 3 aromatic carbocycles. The van der Waals surface area contributed by atoms with Gasteiger partial charge in [-0.15, -0.1) is 10.2 Å². The molecule has 8 heteroatoms. The second-order valence-corrected chi connectivity index (χ2v) is 8.67. The fraction of sp³-hybridized carbons (Fsp3) is 0.208. The Morgan fingerprint density at radius 1 is 1.09 bits per heavy atom. The van der Waals surface area contributed by atoms with Crippen molar-refractivity contribution in [3.05, 3.63) is 83.1 Å². The number of para-hydroxylation sites is 1. The summed E-state index contributed by atoms with van der Waals surface area (Å²) in [4.78, 5) is 12.6. The van der Waals surface area contributed by atoms with E-state index >= 15 is 0 Å². The Balaban J connectivity index is 1.33. The number of aromatic nitrogens is 3. The molecule has 1 heterocycles. The highest BCUT2D eigenvalue weighted by molar-refractivity contribution is 7.99. The lowest BCUT2D eigenvalue weighted by molar-refractivity contribution is -0.119. The Labute approximate surface area is 195 Å². The number of halogens is 1. The number of nitrogens with one attached hydrogen (secondary N) is 1. The lowest BCUT2D eigenvalue weighted by Gasteiger charge is -2.16. The zero-order valence-electron chi connectivity index (χ0n) is 17.8. The maximum atomic E-state index is 12.6. The average molecular weight is 467 g/mol. The van der Waals surface area contributed by atoms with Gasteiger partial charge in [-0.1, -0.05) is 78.0 Å². The topological polar surface area (TPSA) is 69.0 Å². The van der Waals surface area contributed by atoms with E-state index in [4.69, 9.17) is 16.3 Å². The SMILES string of the molecule is C[C@@H](NC(=O)CSc1nnc(COc2ccccc2Cl)n1C)c1cccc2ccccc12. The predicted octanol–water partition coefficient (Wildman–Crippen LogP) is 5.17. The molecule has 0 aliphatic rings. The Kier molecular flexibility index (Phi) is 6.97. The van der Waals surface area contributed by atoms with Crippen LogP contribution < -0.4 is 10.1 Å². The molecule has 1 N–H and O–H groups in total. The van der Waals surface area contributed by atoms with Crippen LogP contribution in [-0.4, -0.2) is 26.4 Å². The van der Waals surface area contributed by atoms with Crippen LogP contribution in [0.4, 0.5) is 0 Å². The summed E-state index contributed by atoms with van der Waals surface area (Å²) >= 11 is 7.46. The van der Waals surface area contributed by atoms with Gasteiger partial charge in [0.1, 0.15) is 12.4 Å². The summed E-state index contributed by atoms with van der Waals surface area (Å²) in [7, 11) is 1.85. The standard InChI is InChI=1S/C24H23ClN4O2S/c1-16(18-11-7-9-17-8-3-4-10-19(17)18)26-23(30)15-32-24-28-27-22(29(24)2)14-31-21-13-6-5-12-20(21)25/h3-13,16H,14-15H2,1-2H3,(H,26,30)/t16-/m1/s1. The molecule has 0 aliphatic heterocycles. The quantitative estimate of drug-likeness (QED) is 0.363. The third kappa shape index (κ3) is 5.06. The van der Waals surface area contributed by atoms with Gasteiger partial charge < -0.3 is 14.6 Å². The second-order valence-electron chi connectivity index (χ2n) is 7.32. The molecule has 1 amide bonds. The largest absolute Gasteiger partial charge is 0.484 e. The number of nitrogens with zero attached hydrogens (tertiary/aromatic N) is 3. The Morgan fingerprint density at radius 3 is 2.69 bits per heavy atom. The van der Waals surface area contributed by atoms with Gasteiger partial charge in [-0.2, -0.15) is 0 Å². The third-order valence-electron chi connectivity index (χ3n) is 5.12. The first-order chi connectivity index (χ1) is 15.5. The van der Waals surface area contributed by atoms with Crippen LogP contribution in [0.5, 0.6) is 5.75 Å². The molecule has 0 unspecified atom stereocenters. The van der Waals surface area contributed by atoms with Crippen molar-refractivity contribution in [2.75, 3.05) is 5.75 Å². The summed E-state index contributed by atoms with van der Waals surface area (Å²) in [5.41, 5.74) is 1.10. The lowest BCUT2D eigenvalue weighted by Crippen LogP contribution is -2.28. The van der Waals surface area contributed by atoms with Gasteiger partial charge in [0.25, 0.3) is 0 Å². The van der Waals surface area contributed by atoms with Gasteiger partial charge in [0, 0.05) is 7.05 Å². The van der Waals surface area contributed by atoms with Crippen LogP contribution >= 0.6 is 23.4 Å². The van der Waals surface area contributed by atoms with E-state index in [-0.39, 0.29) is 24.3 Å². The van der Waals surface area contributed by atoms with Gasteiger partial charge in [0.2, 0.25) is 5.91 Å². The molecular weight excluding hydrogens is 444 g/mol. The Morgan fingerprint density at radius 2 is 1.84 bits per heavy atom. The van der Waals surface area contributed by atoms with Crippen molar-refractivity contribution in [3.63, 3.8) is 0 Å². The molecule has 0 fully saturated rings. The maximum absolute atomic E-state index is 12.6. The van der Waals surface area contributed by atoms with Crippen LogP contribution in [0, 0.1) is 0 Å². The summed E-state index contributed by atoms with van der Waals surface area (Å²) in [5, 5.41) is 14.9. The van der Waals surface area contributed by atoms with E-state index < -0.39 is 0 Å². The van der Waals surface area contributed by atoms with E-state index in [0.717, 1.165) is 16.3 Å². The number of rotatable bonds is 8. The minimum absolute atomic E-state index is 0.0627. The highest BCUT2D eigenvalue weighted by Crippen LogP contribution is 2.26. The van der Waals surface area contributed by atoms with E-state index in [9.17, 15) is 4.79 Å². The van der Waals surface area contributed by atoms with Crippen LogP contribution in [0.25, 0.3) is 10.8 Å². The molecule has 1 aromatic heterocycles. The molecule has 0 saturated heterocycles. The molecule has 0 radical (unpaired) electrons. The summed E-state index contributed by atoms with van der Waals surface area (Å²) < 4.78 is 7.56. The summed E-state index contributed by atoms with van der Waals surface area (Å²) in [6.07, 6.45) is 0. The van der Waals surface area contributed by atoms with E-state index in [1.165, 1.54) is 11.8 Å². The minimum Gasteiger partial charge on any atom is -0.484 e. The molecular formula is C24H23ClN4O2S. The van der Waals surface area contributed by atoms with E-state index in [0.29, 0.717) is 21.8 Å². The van der Waals surface area contributed by atoms with Gasteiger partial charge in [0.15, 0.2) is 11.0 Å². The fourth-order valence-corrected chi connectivity index (χ4v) is 4.35. The smallest absolute Gasteiger partial charge is 0.230 e. The van der Waals surface area contributed by atoms with Gasteiger partial charge in [-0.05, 0) is 35.4 Å². The Bertz CT molecular complexity index is 1240. The first kappa shape index (κ1) is 22.2. The number of amides is 1.